The molecule has 264 valence electrons. The fourth-order valence-electron chi connectivity index (χ4n) is 6.16. The highest BCUT2D eigenvalue weighted by Crippen LogP contribution is 2.39. The van der Waals surface area contributed by atoms with Crippen LogP contribution < -0.4 is 9.74 Å². The molecule has 0 aliphatic carbocycles. The van der Waals surface area contributed by atoms with Gasteiger partial charge in [-0.1, -0.05) is 54.6 Å². The second-order valence-electron chi connectivity index (χ2n) is 14.6. The molecule has 1 aliphatic heterocycles. The third-order valence-electron chi connectivity index (χ3n) is 8.32. The molecule has 0 radical (unpaired) electrons. The van der Waals surface area contributed by atoms with Gasteiger partial charge >= 0.3 is 6.09 Å². The first kappa shape index (κ1) is 36.9. The van der Waals surface area contributed by atoms with Gasteiger partial charge in [0.15, 0.2) is 8.32 Å². The number of rotatable bonds is 14. The van der Waals surface area contributed by atoms with Crippen molar-refractivity contribution >= 4 is 34.3 Å². The highest BCUT2D eigenvalue weighted by atomic mass is 28.4. The van der Waals surface area contributed by atoms with Crippen molar-refractivity contribution in [3.63, 3.8) is 0 Å². The molecule has 1 fully saturated rings. The predicted molar refractivity (Wildman–Crippen MR) is 197 cm³/mol. The van der Waals surface area contributed by atoms with E-state index in [0.29, 0.717) is 18.5 Å². The summed E-state index contributed by atoms with van der Waals surface area (Å²) in [6.45, 7) is 12.6. The fourth-order valence-corrected chi connectivity index (χ4v) is 8.12. The highest BCUT2D eigenvalue weighted by Gasteiger charge is 2.44. The van der Waals surface area contributed by atoms with Crippen molar-refractivity contribution in [3.05, 3.63) is 131 Å². The van der Waals surface area contributed by atoms with Gasteiger partial charge in [-0.15, -0.1) is 0 Å². The summed E-state index contributed by atoms with van der Waals surface area (Å²) in [6, 6.07) is 27.9. The minimum absolute atomic E-state index is 0.0387. The van der Waals surface area contributed by atoms with Gasteiger partial charge in [-0.05, 0) is 117 Å². The molecule has 4 aromatic rings. The molecule has 1 aliphatic rings. The molecule has 2 amide bonds. The first-order valence-electron chi connectivity index (χ1n) is 17.0. The Morgan fingerprint density at radius 1 is 0.800 bits per heavy atom. The third kappa shape index (κ3) is 9.89. The first-order valence-corrected chi connectivity index (χ1v) is 23.8. The molecule has 0 spiro atoms. The van der Waals surface area contributed by atoms with Crippen molar-refractivity contribution < 1.29 is 32.0 Å². The number of carbonyl (C=O) groups is 2. The summed E-state index contributed by atoms with van der Waals surface area (Å²) in [4.78, 5) is 29.6. The average Bonchev–Trinajstić information content (AvgIpc) is 3.45. The minimum atomic E-state index is -2.12. The van der Waals surface area contributed by atoms with E-state index in [0.717, 1.165) is 22.4 Å². The summed E-state index contributed by atoms with van der Waals surface area (Å²) in [6.07, 6.45) is -0.430. The lowest BCUT2D eigenvalue weighted by molar-refractivity contribution is -0.134. The standard InChI is InChI=1S/C39H46F2N2O5Si2/c1-49(2,3)47-33-22-14-29(15-23-33)37(42-32-20-18-31(41)19-21-32)34(24-25-36(48-50(4,5)6)28-12-16-30(40)17-13-28)38(44)43-35(26-46-39(43)45)27-10-8-7-9-11-27/h7-23,34-37,42H,24-26H2,1-6H3/t34-,35+,36+,37-/m1/s1/i14+1,15+1,22+1,23+1,29+1,33+1. The Morgan fingerprint density at radius 3 is 1.96 bits per heavy atom. The summed E-state index contributed by atoms with van der Waals surface area (Å²) in [5, 5.41) is 3.50. The largest absolute Gasteiger partial charge is 0.544 e. The first-order chi connectivity index (χ1) is 23.7. The van der Waals surface area contributed by atoms with Crippen molar-refractivity contribution in [2.45, 2.75) is 70.3 Å². The van der Waals surface area contributed by atoms with Gasteiger partial charge in [0.2, 0.25) is 14.2 Å². The quantitative estimate of drug-likeness (QED) is 0.131. The fraction of sp³-hybridized carbons (Fsp3) is 0.333. The lowest BCUT2D eigenvalue weighted by atomic mass is 9.91. The van der Waals surface area contributed by atoms with Crippen molar-refractivity contribution in [3.8, 4) is 5.75 Å². The van der Waals surface area contributed by atoms with Crippen molar-refractivity contribution in [2.75, 3.05) is 11.9 Å². The molecule has 50 heavy (non-hydrogen) atoms. The van der Waals surface area contributed by atoms with Gasteiger partial charge in [0, 0.05) is 5.69 Å². The molecular weight excluding hydrogens is 677 g/mol. The number of ether oxygens (including phenoxy) is 1. The SMILES string of the molecule is C[Si](C)(C)O[C@@H](CC[C@@H](C(=O)N1C(=O)OC[C@H]1c1ccccc1)[C@H](Nc1ccc(F)cc1)[13c]1[13cH][13cH][13c](O[Si](C)(C)C)[13cH][13cH]1)c1ccc(F)cc1. The van der Waals surface area contributed by atoms with Gasteiger partial charge in [0.1, 0.15) is 30.0 Å². The average molecular weight is 723 g/mol. The smallest absolute Gasteiger partial charge is 0.417 e. The molecule has 1 saturated heterocycles. The van der Waals surface area contributed by atoms with Gasteiger partial charge in [0.05, 0.1) is 18.1 Å². The Bertz CT molecular complexity index is 1730. The summed E-state index contributed by atoms with van der Waals surface area (Å²) in [5.41, 5.74) is 2.98. The molecule has 0 saturated carbocycles. The van der Waals surface area contributed by atoms with Crippen LogP contribution in [-0.2, 0) is 14.0 Å². The molecule has 0 aromatic heterocycles. The zero-order valence-corrected chi connectivity index (χ0v) is 31.5. The molecule has 7 nitrogen and oxygen atoms in total. The summed E-state index contributed by atoms with van der Waals surface area (Å²) in [5.74, 6) is -1.23. The number of carbonyl (C=O) groups excluding carboxylic acids is 2. The Balaban J connectivity index is 1.58. The van der Waals surface area contributed by atoms with E-state index >= 15 is 0 Å². The Kier molecular flexibility index (Phi) is 11.6. The molecule has 11 heteroatoms. The molecule has 0 bridgehead atoms. The maximum Gasteiger partial charge on any atom is 0.417 e. The van der Waals surface area contributed by atoms with Crippen molar-refractivity contribution in [1.29, 1.82) is 0 Å². The zero-order valence-electron chi connectivity index (χ0n) is 29.5. The van der Waals surface area contributed by atoms with E-state index in [1.54, 1.807) is 24.3 Å². The molecule has 0 unspecified atom stereocenters. The lowest BCUT2D eigenvalue weighted by Gasteiger charge is -2.34. The van der Waals surface area contributed by atoms with Crippen LogP contribution in [0.1, 0.15) is 47.7 Å². The Labute approximate surface area is 295 Å². The third-order valence-corrected chi connectivity index (χ3v) is 10.2. The normalized spacial score (nSPS) is 16.8. The van der Waals surface area contributed by atoms with E-state index in [9.17, 15) is 18.4 Å². The number of nitrogens with zero attached hydrogens (tertiary/aromatic N) is 1. The van der Waals surface area contributed by atoms with E-state index in [2.05, 4.69) is 44.6 Å². The van der Waals surface area contributed by atoms with Crippen LogP contribution in [0.5, 0.6) is 5.75 Å². The molecule has 4 atom stereocenters. The number of amides is 2. The number of benzene rings is 4. The van der Waals surface area contributed by atoms with Crippen LogP contribution in [0.4, 0.5) is 19.3 Å². The van der Waals surface area contributed by atoms with Crippen molar-refractivity contribution in [2.24, 2.45) is 5.92 Å². The second-order valence-corrected chi connectivity index (χ2v) is 23.5. The maximum absolute atomic E-state index is 15.0. The Morgan fingerprint density at radius 2 is 1.38 bits per heavy atom. The van der Waals surface area contributed by atoms with Crippen LogP contribution in [-0.4, -0.2) is 40.1 Å². The van der Waals surface area contributed by atoms with Gasteiger partial charge in [-0.3, -0.25) is 4.79 Å². The topological polar surface area (TPSA) is 77.1 Å². The summed E-state index contributed by atoms with van der Waals surface area (Å²) in [7, 11) is -4.01. The van der Waals surface area contributed by atoms with E-state index in [1.165, 1.54) is 29.2 Å². The summed E-state index contributed by atoms with van der Waals surface area (Å²) >= 11 is 0. The number of halogens is 2. The Hall–Kier alpha value is -4.33. The highest BCUT2D eigenvalue weighted by molar-refractivity contribution is 6.70. The van der Waals surface area contributed by atoms with E-state index in [4.69, 9.17) is 13.6 Å². The number of anilines is 1. The second kappa shape index (κ2) is 15.7. The van der Waals surface area contributed by atoms with E-state index in [-0.39, 0.29) is 18.2 Å². The monoisotopic (exact) mass is 722 g/mol. The predicted octanol–water partition coefficient (Wildman–Crippen LogP) is 10.0. The number of hydrogen-bond donors (Lipinski definition) is 1. The molecule has 1 heterocycles. The van der Waals surface area contributed by atoms with E-state index < -0.39 is 52.7 Å². The molecule has 1 N–H and O–H groups in total. The van der Waals surface area contributed by atoms with Crippen LogP contribution in [0, 0.1) is 17.6 Å². The van der Waals surface area contributed by atoms with Crippen LogP contribution >= 0.6 is 0 Å². The van der Waals surface area contributed by atoms with Gasteiger partial charge in [-0.25, -0.2) is 18.5 Å². The summed E-state index contributed by atoms with van der Waals surface area (Å²) < 4.78 is 46.3. The number of cyclic esters (lactones) is 1. The van der Waals surface area contributed by atoms with E-state index in [1.807, 2.05) is 54.6 Å². The maximum atomic E-state index is 15.0. The number of imide groups is 1. The van der Waals surface area contributed by atoms with Crippen LogP contribution in [0.3, 0.4) is 0 Å². The number of hydrogen-bond acceptors (Lipinski definition) is 6. The molecular formula is C39H46F2N2O5Si2. The molecule has 5 rings (SSSR count). The van der Waals surface area contributed by atoms with Crippen LogP contribution in [0.15, 0.2) is 103 Å². The van der Waals surface area contributed by atoms with Crippen LogP contribution in [0.2, 0.25) is 39.3 Å². The van der Waals surface area contributed by atoms with Crippen molar-refractivity contribution in [1.82, 2.24) is 4.90 Å². The minimum Gasteiger partial charge on any atom is -0.544 e. The molecule has 4 aromatic carbocycles. The van der Waals surface area contributed by atoms with Gasteiger partial charge in [0.25, 0.3) is 0 Å². The zero-order chi connectivity index (χ0) is 36.1. The lowest BCUT2D eigenvalue weighted by Crippen LogP contribution is -2.42. The van der Waals surface area contributed by atoms with Gasteiger partial charge < -0.3 is 18.9 Å². The van der Waals surface area contributed by atoms with Gasteiger partial charge in [-0.2, -0.15) is 0 Å². The van der Waals surface area contributed by atoms with Crippen LogP contribution in [0.25, 0.3) is 0 Å². The number of nitrogens with one attached hydrogen (secondary N) is 1.